The minimum Gasteiger partial charge on any atom is -0.392 e. The third kappa shape index (κ3) is 4.31. The summed E-state index contributed by atoms with van der Waals surface area (Å²) < 4.78 is 0. The standard InChI is InChI=1S/C34H41NO4/c1-6-32(4)20-27(36)33(5)21(2)16-17-34(22(3)30(32)38)19-25(28(37)29(33)34)18-23-12-14-24(15-13-23)31(39)35-26-10-8-7-9-11-26/h6-15,18,21-22,27,29-30,36,38H,1,16-17,19-20H2,2-5H3,(H,35,39)/b25-18+/t21-,22+,27-,29+,30+,32-,33+,34+/m1/s1. The van der Waals surface area contributed by atoms with Gasteiger partial charge in [-0.1, -0.05) is 64.1 Å². The number of aliphatic hydroxyl groups excluding tert-OH is 2. The summed E-state index contributed by atoms with van der Waals surface area (Å²) in [7, 11) is 0. The van der Waals surface area contributed by atoms with Crippen molar-refractivity contribution in [2.75, 3.05) is 5.32 Å². The first-order valence-electron chi connectivity index (χ1n) is 14.2. The van der Waals surface area contributed by atoms with Crippen molar-refractivity contribution in [1.29, 1.82) is 0 Å². The van der Waals surface area contributed by atoms with Crippen LogP contribution in [-0.2, 0) is 4.79 Å². The van der Waals surface area contributed by atoms with Gasteiger partial charge in [0, 0.05) is 28.0 Å². The monoisotopic (exact) mass is 527 g/mol. The zero-order valence-corrected chi connectivity index (χ0v) is 23.5. The Morgan fingerprint density at radius 2 is 1.72 bits per heavy atom. The van der Waals surface area contributed by atoms with E-state index in [9.17, 15) is 19.8 Å². The smallest absolute Gasteiger partial charge is 0.255 e. The number of ketones is 1. The summed E-state index contributed by atoms with van der Waals surface area (Å²) in [4.78, 5) is 26.9. The molecule has 206 valence electrons. The van der Waals surface area contributed by atoms with Gasteiger partial charge >= 0.3 is 0 Å². The maximum atomic E-state index is 14.2. The van der Waals surface area contributed by atoms with Crippen molar-refractivity contribution in [2.24, 2.45) is 34.0 Å². The molecule has 0 heterocycles. The molecule has 39 heavy (non-hydrogen) atoms. The van der Waals surface area contributed by atoms with Gasteiger partial charge in [0.1, 0.15) is 0 Å². The Kier molecular flexibility index (Phi) is 6.97. The Morgan fingerprint density at radius 1 is 1.05 bits per heavy atom. The normalized spacial score (nSPS) is 39.0. The molecule has 5 nitrogen and oxygen atoms in total. The van der Waals surface area contributed by atoms with Crippen LogP contribution in [0.1, 0.15) is 69.3 Å². The molecule has 1 amide bonds. The molecule has 5 rings (SSSR count). The second-order valence-electron chi connectivity index (χ2n) is 12.8. The van der Waals surface area contributed by atoms with Gasteiger partial charge in [-0.2, -0.15) is 0 Å². The minimum atomic E-state index is -0.729. The number of benzene rings is 2. The Bertz CT molecular complexity index is 1300. The maximum Gasteiger partial charge on any atom is 0.255 e. The van der Waals surface area contributed by atoms with E-state index in [0.29, 0.717) is 18.4 Å². The first-order valence-corrected chi connectivity index (χ1v) is 14.2. The Hall–Kier alpha value is -3.02. The molecule has 0 radical (unpaired) electrons. The first-order chi connectivity index (χ1) is 18.5. The van der Waals surface area contributed by atoms with Gasteiger partial charge in [0.05, 0.1) is 12.2 Å². The molecule has 2 bridgehead atoms. The molecule has 2 aromatic rings. The fraction of sp³-hybridized carbons (Fsp3) is 0.471. The molecule has 3 N–H and O–H groups in total. The topological polar surface area (TPSA) is 86.6 Å². The number of hydrogen-bond acceptors (Lipinski definition) is 4. The Labute approximate surface area is 232 Å². The van der Waals surface area contributed by atoms with E-state index in [0.717, 1.165) is 29.7 Å². The van der Waals surface area contributed by atoms with Gasteiger partial charge in [-0.15, -0.1) is 6.58 Å². The molecule has 0 saturated heterocycles. The van der Waals surface area contributed by atoms with Crippen molar-refractivity contribution in [3.05, 3.63) is 84.0 Å². The van der Waals surface area contributed by atoms with Crippen LogP contribution in [0.25, 0.3) is 6.08 Å². The summed E-state index contributed by atoms with van der Waals surface area (Å²) in [5.41, 5.74) is 1.22. The number of para-hydroxylation sites is 1. The number of carbonyl (C=O) groups excluding carboxylic acids is 2. The molecule has 5 heteroatoms. The summed E-state index contributed by atoms with van der Waals surface area (Å²) >= 11 is 0. The van der Waals surface area contributed by atoms with Crippen LogP contribution in [0.15, 0.2) is 72.8 Å². The number of allylic oxidation sites excluding steroid dienone is 1. The van der Waals surface area contributed by atoms with E-state index in [-0.39, 0.29) is 29.4 Å². The highest BCUT2D eigenvalue weighted by atomic mass is 16.3. The molecule has 3 fully saturated rings. The molecule has 0 spiro atoms. The maximum absolute atomic E-state index is 14.2. The summed E-state index contributed by atoms with van der Waals surface area (Å²) in [5, 5.41) is 26.2. The molecule has 0 aliphatic heterocycles. The SMILES string of the molecule is C=C[C@]1(C)C[C@@H](O)[C@]2(C)[C@H](C)CC[C@]3(C/C(=C\c4ccc(C(=O)Nc5ccccc5)cc4)C(=O)[C@H]32)[C@@H](C)[C@@H]1O. The van der Waals surface area contributed by atoms with E-state index in [1.807, 2.05) is 55.5 Å². The predicted octanol–water partition coefficient (Wildman–Crippen LogP) is 6.29. The van der Waals surface area contributed by atoms with Crippen molar-refractivity contribution in [3.63, 3.8) is 0 Å². The average molecular weight is 528 g/mol. The minimum absolute atomic E-state index is 0.0928. The number of hydrogen-bond donors (Lipinski definition) is 3. The van der Waals surface area contributed by atoms with E-state index in [1.54, 1.807) is 18.2 Å². The lowest BCUT2D eigenvalue weighted by Crippen LogP contribution is -2.62. The van der Waals surface area contributed by atoms with E-state index in [2.05, 4.69) is 32.7 Å². The van der Waals surface area contributed by atoms with E-state index in [1.165, 1.54) is 0 Å². The molecule has 2 aromatic carbocycles. The number of carbonyl (C=O) groups is 2. The van der Waals surface area contributed by atoms with E-state index < -0.39 is 28.5 Å². The highest BCUT2D eigenvalue weighted by Gasteiger charge is 2.68. The van der Waals surface area contributed by atoms with Crippen LogP contribution in [0.4, 0.5) is 5.69 Å². The highest BCUT2D eigenvalue weighted by Crippen LogP contribution is 2.68. The average Bonchev–Trinajstić information content (AvgIpc) is 3.23. The van der Waals surface area contributed by atoms with Crippen LogP contribution in [0.5, 0.6) is 0 Å². The first kappa shape index (κ1) is 27.5. The van der Waals surface area contributed by atoms with Gasteiger partial charge in [-0.25, -0.2) is 0 Å². The highest BCUT2D eigenvalue weighted by molar-refractivity contribution is 6.06. The number of amides is 1. The van der Waals surface area contributed by atoms with Crippen LogP contribution >= 0.6 is 0 Å². The Balaban J connectivity index is 1.49. The summed E-state index contributed by atoms with van der Waals surface area (Å²) in [5.74, 6) is -0.413. The third-order valence-corrected chi connectivity index (χ3v) is 10.8. The van der Waals surface area contributed by atoms with Gasteiger partial charge < -0.3 is 15.5 Å². The lowest BCUT2D eigenvalue weighted by Gasteiger charge is -2.61. The van der Waals surface area contributed by atoms with E-state index >= 15 is 0 Å². The largest absolute Gasteiger partial charge is 0.392 e. The van der Waals surface area contributed by atoms with Crippen LogP contribution < -0.4 is 5.32 Å². The Morgan fingerprint density at radius 3 is 2.36 bits per heavy atom. The van der Waals surface area contributed by atoms with Crippen LogP contribution in [-0.4, -0.2) is 34.1 Å². The molecule has 0 unspecified atom stereocenters. The van der Waals surface area contributed by atoms with Gasteiger partial charge in [0.25, 0.3) is 5.91 Å². The second-order valence-corrected chi connectivity index (χ2v) is 12.8. The van der Waals surface area contributed by atoms with Gasteiger partial charge in [-0.3, -0.25) is 9.59 Å². The van der Waals surface area contributed by atoms with Gasteiger partial charge in [0.2, 0.25) is 0 Å². The van der Waals surface area contributed by atoms with Gasteiger partial charge in [-0.05, 0) is 84.4 Å². The quantitative estimate of drug-likeness (QED) is 0.322. The molecule has 3 aliphatic carbocycles. The molecule has 8 atom stereocenters. The summed E-state index contributed by atoms with van der Waals surface area (Å²) in [6.45, 7) is 12.3. The van der Waals surface area contributed by atoms with Crippen molar-refractivity contribution >= 4 is 23.5 Å². The fourth-order valence-corrected chi connectivity index (χ4v) is 8.00. The number of aliphatic hydroxyl groups is 2. The van der Waals surface area contributed by atoms with E-state index in [4.69, 9.17) is 0 Å². The summed E-state index contributed by atoms with van der Waals surface area (Å²) in [6.07, 6.45) is 5.02. The van der Waals surface area contributed by atoms with Crippen molar-refractivity contribution in [3.8, 4) is 0 Å². The predicted molar refractivity (Wildman–Crippen MR) is 155 cm³/mol. The van der Waals surface area contributed by atoms with Crippen LogP contribution in [0, 0.1) is 34.0 Å². The number of Topliss-reactive ketones (excluding diaryl/α,β-unsaturated/α-hetero) is 1. The fourth-order valence-electron chi connectivity index (χ4n) is 8.00. The molecule has 0 aromatic heterocycles. The number of nitrogens with one attached hydrogen (secondary N) is 1. The van der Waals surface area contributed by atoms with Gasteiger partial charge in [0.15, 0.2) is 5.78 Å². The molecular weight excluding hydrogens is 486 g/mol. The third-order valence-electron chi connectivity index (χ3n) is 10.8. The summed E-state index contributed by atoms with van der Waals surface area (Å²) in [6, 6.07) is 16.6. The van der Waals surface area contributed by atoms with Crippen molar-refractivity contribution < 1.29 is 19.8 Å². The second kappa shape index (κ2) is 9.87. The molecule has 3 saturated carbocycles. The zero-order chi connectivity index (χ0) is 28.2. The number of rotatable bonds is 4. The van der Waals surface area contributed by atoms with Crippen LogP contribution in [0.3, 0.4) is 0 Å². The van der Waals surface area contributed by atoms with Crippen molar-refractivity contribution in [1.82, 2.24) is 0 Å². The van der Waals surface area contributed by atoms with Crippen LogP contribution in [0.2, 0.25) is 0 Å². The lowest BCUT2D eigenvalue weighted by molar-refractivity contribution is -0.191. The van der Waals surface area contributed by atoms with Crippen molar-refractivity contribution in [2.45, 2.75) is 65.6 Å². The molecular formula is C34H41NO4. The lowest BCUT2D eigenvalue weighted by atomic mass is 9.44. The number of anilines is 1. The zero-order valence-electron chi connectivity index (χ0n) is 23.5. The molecule has 3 aliphatic rings.